The molecule has 0 saturated heterocycles. The van der Waals surface area contributed by atoms with Gasteiger partial charge in [-0.05, 0) is 6.92 Å². The van der Waals surface area contributed by atoms with Crippen LogP contribution in [-0.4, -0.2) is 25.0 Å². The highest BCUT2D eigenvalue weighted by Gasteiger charge is 2.00. The normalized spacial score (nSPS) is 11.8. The molecule has 0 aliphatic heterocycles. The van der Waals surface area contributed by atoms with Gasteiger partial charge in [0.1, 0.15) is 6.10 Å². The molecule has 1 amide bonds. The zero-order valence-electron chi connectivity index (χ0n) is 6.79. The first kappa shape index (κ1) is 9.94. The van der Waals surface area contributed by atoms with E-state index in [0.29, 0.717) is 19.4 Å². The van der Waals surface area contributed by atoms with Gasteiger partial charge in [-0.15, -0.1) is 0 Å². The maximum atomic E-state index is 10.4. The van der Waals surface area contributed by atoms with Crippen LogP contribution in [0, 0.1) is 0 Å². The Bertz CT molecular complexity index is 136. The number of carbonyl (C=O) groups excluding carboxylic acids is 2. The van der Waals surface area contributed by atoms with Crippen molar-refractivity contribution in [2.24, 2.45) is 0 Å². The first-order chi connectivity index (χ1) is 5.16. The molecule has 0 spiro atoms. The van der Waals surface area contributed by atoms with Gasteiger partial charge in [-0.2, -0.15) is 0 Å². The molecule has 1 unspecified atom stereocenters. The van der Waals surface area contributed by atoms with Gasteiger partial charge in [-0.25, -0.2) is 0 Å². The molecule has 1 N–H and O–H groups in total. The Kier molecular flexibility index (Phi) is 5.15. The van der Waals surface area contributed by atoms with E-state index in [-0.39, 0.29) is 12.0 Å². The predicted octanol–water partition coefficient (Wildman–Crippen LogP) is 0.0741. The van der Waals surface area contributed by atoms with Crippen LogP contribution in [0.5, 0.6) is 0 Å². The molecule has 0 radical (unpaired) electrons. The van der Waals surface area contributed by atoms with E-state index in [9.17, 15) is 9.59 Å². The molecule has 0 aromatic rings. The van der Waals surface area contributed by atoms with Crippen LogP contribution in [0.2, 0.25) is 0 Å². The molecule has 0 aliphatic carbocycles. The third-order valence-corrected chi connectivity index (χ3v) is 1.21. The summed E-state index contributed by atoms with van der Waals surface area (Å²) in [5.41, 5.74) is 0. The van der Waals surface area contributed by atoms with Crippen LogP contribution in [0.25, 0.3) is 0 Å². The van der Waals surface area contributed by atoms with Gasteiger partial charge >= 0.3 is 0 Å². The molecule has 0 fully saturated rings. The molecule has 64 valence electrons. The third kappa shape index (κ3) is 6.83. The molecule has 4 heteroatoms. The summed E-state index contributed by atoms with van der Waals surface area (Å²) in [6, 6.07) is 0. The SMILES string of the molecule is CC(=O)NCCC(C)OC=O. The summed E-state index contributed by atoms with van der Waals surface area (Å²) in [6.45, 7) is 4.18. The lowest BCUT2D eigenvalue weighted by molar-refractivity contribution is -0.132. The number of ether oxygens (including phenoxy) is 1. The van der Waals surface area contributed by atoms with Gasteiger partial charge in [0.25, 0.3) is 6.47 Å². The summed E-state index contributed by atoms with van der Waals surface area (Å²) in [6.07, 6.45) is 0.526. The lowest BCUT2D eigenvalue weighted by Crippen LogP contribution is -2.24. The number of rotatable bonds is 5. The fourth-order valence-electron chi connectivity index (χ4n) is 0.614. The average Bonchev–Trinajstić information content (AvgIpc) is 1.87. The van der Waals surface area contributed by atoms with Crippen molar-refractivity contribution in [1.82, 2.24) is 5.32 Å². The van der Waals surface area contributed by atoms with Gasteiger partial charge in [0.2, 0.25) is 5.91 Å². The van der Waals surface area contributed by atoms with E-state index in [4.69, 9.17) is 0 Å². The first-order valence-electron chi connectivity index (χ1n) is 3.50. The zero-order chi connectivity index (χ0) is 8.69. The average molecular weight is 159 g/mol. The minimum absolute atomic E-state index is 0.0664. The van der Waals surface area contributed by atoms with Crippen molar-refractivity contribution < 1.29 is 14.3 Å². The van der Waals surface area contributed by atoms with E-state index in [1.807, 2.05) is 0 Å². The molecule has 0 heterocycles. The van der Waals surface area contributed by atoms with E-state index in [1.165, 1.54) is 6.92 Å². The van der Waals surface area contributed by atoms with Crippen molar-refractivity contribution in [2.45, 2.75) is 26.4 Å². The Balaban J connectivity index is 3.23. The molecule has 0 aromatic heterocycles. The van der Waals surface area contributed by atoms with Crippen LogP contribution in [0.1, 0.15) is 20.3 Å². The lowest BCUT2D eigenvalue weighted by atomic mass is 10.3. The molecule has 1 atom stereocenters. The Morgan fingerprint density at radius 3 is 2.82 bits per heavy atom. The second-order valence-corrected chi connectivity index (χ2v) is 2.31. The molecule has 0 aliphatic rings. The number of amides is 1. The summed E-state index contributed by atoms with van der Waals surface area (Å²) in [7, 11) is 0. The minimum atomic E-state index is -0.126. The molecular formula is C7H13NO3. The quantitative estimate of drug-likeness (QED) is 0.578. The van der Waals surface area contributed by atoms with E-state index in [1.54, 1.807) is 6.92 Å². The van der Waals surface area contributed by atoms with Crippen molar-refractivity contribution >= 4 is 12.4 Å². The summed E-state index contributed by atoms with van der Waals surface area (Å²) < 4.78 is 4.59. The summed E-state index contributed by atoms with van der Waals surface area (Å²) in [4.78, 5) is 20.2. The minimum Gasteiger partial charge on any atom is -0.465 e. The van der Waals surface area contributed by atoms with Crippen LogP contribution >= 0.6 is 0 Å². The maximum absolute atomic E-state index is 10.4. The standard InChI is InChI=1S/C7H13NO3/c1-6(11-5-9)3-4-8-7(2)10/h5-6H,3-4H2,1-2H3,(H,8,10). The van der Waals surface area contributed by atoms with Gasteiger partial charge in [0, 0.05) is 19.9 Å². The largest absolute Gasteiger partial charge is 0.465 e. The molecule has 0 rings (SSSR count). The van der Waals surface area contributed by atoms with E-state index >= 15 is 0 Å². The molecular weight excluding hydrogens is 146 g/mol. The Hall–Kier alpha value is -1.06. The highest BCUT2D eigenvalue weighted by Crippen LogP contribution is 1.92. The maximum Gasteiger partial charge on any atom is 0.293 e. The summed E-state index contributed by atoms with van der Waals surface area (Å²) >= 11 is 0. The van der Waals surface area contributed by atoms with Gasteiger partial charge in [0.15, 0.2) is 0 Å². The van der Waals surface area contributed by atoms with Crippen LogP contribution in [0.4, 0.5) is 0 Å². The highest BCUT2D eigenvalue weighted by atomic mass is 16.5. The number of carbonyl (C=O) groups is 2. The highest BCUT2D eigenvalue weighted by molar-refractivity contribution is 5.72. The molecule has 11 heavy (non-hydrogen) atoms. The first-order valence-corrected chi connectivity index (χ1v) is 3.50. The Morgan fingerprint density at radius 1 is 1.73 bits per heavy atom. The lowest BCUT2D eigenvalue weighted by Gasteiger charge is -2.08. The number of hydrogen-bond donors (Lipinski definition) is 1. The van der Waals surface area contributed by atoms with Crippen molar-refractivity contribution in [2.75, 3.05) is 6.54 Å². The summed E-state index contributed by atoms with van der Waals surface area (Å²) in [5.74, 6) is -0.0664. The van der Waals surface area contributed by atoms with Crippen LogP contribution < -0.4 is 5.32 Å². The van der Waals surface area contributed by atoms with Gasteiger partial charge in [-0.3, -0.25) is 9.59 Å². The summed E-state index contributed by atoms with van der Waals surface area (Å²) in [5, 5.41) is 2.60. The van der Waals surface area contributed by atoms with Crippen molar-refractivity contribution in [3.63, 3.8) is 0 Å². The fourth-order valence-corrected chi connectivity index (χ4v) is 0.614. The van der Waals surface area contributed by atoms with Crippen molar-refractivity contribution in [3.8, 4) is 0 Å². The van der Waals surface area contributed by atoms with E-state index in [0.717, 1.165) is 0 Å². The monoisotopic (exact) mass is 159 g/mol. The van der Waals surface area contributed by atoms with Gasteiger partial charge in [-0.1, -0.05) is 0 Å². The Labute approximate surface area is 65.9 Å². The van der Waals surface area contributed by atoms with Gasteiger partial charge in [0.05, 0.1) is 0 Å². The van der Waals surface area contributed by atoms with Crippen molar-refractivity contribution in [1.29, 1.82) is 0 Å². The van der Waals surface area contributed by atoms with Crippen LogP contribution in [0.15, 0.2) is 0 Å². The molecule has 4 nitrogen and oxygen atoms in total. The number of nitrogens with one attached hydrogen (secondary N) is 1. The van der Waals surface area contributed by atoms with Crippen LogP contribution in [0.3, 0.4) is 0 Å². The predicted molar refractivity (Wildman–Crippen MR) is 39.9 cm³/mol. The second kappa shape index (κ2) is 5.70. The third-order valence-electron chi connectivity index (χ3n) is 1.21. The fraction of sp³-hybridized carbons (Fsp3) is 0.714. The smallest absolute Gasteiger partial charge is 0.293 e. The molecule has 0 aromatic carbocycles. The van der Waals surface area contributed by atoms with Crippen LogP contribution in [-0.2, 0) is 14.3 Å². The van der Waals surface area contributed by atoms with E-state index < -0.39 is 0 Å². The van der Waals surface area contributed by atoms with Crippen molar-refractivity contribution in [3.05, 3.63) is 0 Å². The molecule has 0 bridgehead atoms. The number of hydrogen-bond acceptors (Lipinski definition) is 3. The van der Waals surface area contributed by atoms with Gasteiger partial charge < -0.3 is 10.1 Å². The topological polar surface area (TPSA) is 55.4 Å². The second-order valence-electron chi connectivity index (χ2n) is 2.31. The molecule has 0 saturated carbocycles. The van der Waals surface area contributed by atoms with E-state index in [2.05, 4.69) is 10.1 Å². The zero-order valence-corrected chi connectivity index (χ0v) is 6.79. The Morgan fingerprint density at radius 2 is 2.36 bits per heavy atom.